The molecule has 1 amide bonds. The van der Waals surface area contributed by atoms with Crippen LogP contribution in [0.5, 0.6) is 0 Å². The van der Waals surface area contributed by atoms with Crippen molar-refractivity contribution in [1.82, 2.24) is 0 Å². The molecule has 5 heteroatoms. The van der Waals surface area contributed by atoms with Gasteiger partial charge in [-0.15, -0.1) is 0 Å². The number of amides is 1. The van der Waals surface area contributed by atoms with Crippen molar-refractivity contribution in [2.75, 3.05) is 4.31 Å². The molecular formula is C24H25NO3S. The first-order valence-electron chi connectivity index (χ1n) is 9.74. The third-order valence-electron chi connectivity index (χ3n) is 4.75. The molecule has 0 saturated carbocycles. The fourth-order valence-electron chi connectivity index (χ4n) is 3.06. The van der Waals surface area contributed by atoms with Crippen LogP contribution in [0.25, 0.3) is 0 Å². The number of carbonyl (C=O) groups excluding carboxylic acids is 1. The molecule has 3 aromatic carbocycles. The lowest BCUT2D eigenvalue weighted by atomic mass is 10.1. The highest BCUT2D eigenvalue weighted by atomic mass is 32.2. The zero-order valence-corrected chi connectivity index (χ0v) is 17.5. The van der Waals surface area contributed by atoms with E-state index in [0.29, 0.717) is 11.3 Å². The standard InChI is InChI=1S/C24H25NO3S/c1-3-4-8-20-13-17-22(18-14-20)25(24(26)21-15-11-19(2)12-16-21)29(27,28)23-9-6-5-7-10-23/h5-7,9-18H,3-4,8H2,1-2H3. The van der Waals surface area contributed by atoms with Crippen LogP contribution in [0.1, 0.15) is 41.3 Å². The zero-order chi connectivity index (χ0) is 20.9. The maximum absolute atomic E-state index is 13.4. The summed E-state index contributed by atoms with van der Waals surface area (Å²) in [4.78, 5) is 13.4. The number of anilines is 1. The average Bonchev–Trinajstić information content (AvgIpc) is 2.74. The highest BCUT2D eigenvalue weighted by Crippen LogP contribution is 2.27. The number of sulfonamides is 1. The maximum atomic E-state index is 13.4. The Hall–Kier alpha value is -2.92. The van der Waals surface area contributed by atoms with Gasteiger partial charge in [-0.25, -0.2) is 8.42 Å². The van der Waals surface area contributed by atoms with E-state index in [-0.39, 0.29) is 4.90 Å². The molecule has 0 aromatic heterocycles. The first-order valence-corrected chi connectivity index (χ1v) is 11.2. The van der Waals surface area contributed by atoms with Crippen molar-refractivity contribution < 1.29 is 13.2 Å². The SMILES string of the molecule is CCCCc1ccc(N(C(=O)c2ccc(C)cc2)S(=O)(=O)c2ccccc2)cc1. The summed E-state index contributed by atoms with van der Waals surface area (Å²) in [5.74, 6) is -0.574. The summed E-state index contributed by atoms with van der Waals surface area (Å²) in [5, 5.41) is 0. The first kappa shape index (κ1) is 20.8. The van der Waals surface area contributed by atoms with Gasteiger partial charge in [0.1, 0.15) is 0 Å². The Morgan fingerprint density at radius 3 is 2.07 bits per heavy atom. The number of benzene rings is 3. The summed E-state index contributed by atoms with van der Waals surface area (Å²) in [6, 6.07) is 22.1. The van der Waals surface area contributed by atoms with Crippen molar-refractivity contribution in [3.63, 3.8) is 0 Å². The van der Waals surface area contributed by atoms with Gasteiger partial charge in [0, 0.05) is 5.56 Å². The summed E-state index contributed by atoms with van der Waals surface area (Å²) < 4.78 is 27.7. The lowest BCUT2D eigenvalue weighted by Gasteiger charge is -2.23. The highest BCUT2D eigenvalue weighted by molar-refractivity contribution is 7.93. The number of unbranched alkanes of at least 4 members (excludes halogenated alkanes) is 1. The molecule has 0 atom stereocenters. The molecule has 0 fully saturated rings. The topological polar surface area (TPSA) is 54.5 Å². The van der Waals surface area contributed by atoms with Crippen molar-refractivity contribution in [2.24, 2.45) is 0 Å². The minimum Gasteiger partial charge on any atom is -0.268 e. The molecule has 0 bridgehead atoms. The highest BCUT2D eigenvalue weighted by Gasteiger charge is 2.31. The summed E-state index contributed by atoms with van der Waals surface area (Å²) in [6.45, 7) is 4.05. The van der Waals surface area contributed by atoms with Gasteiger partial charge in [-0.2, -0.15) is 4.31 Å². The quantitative estimate of drug-likeness (QED) is 0.529. The largest absolute Gasteiger partial charge is 0.272 e. The third kappa shape index (κ3) is 4.74. The number of hydrogen-bond acceptors (Lipinski definition) is 3. The molecule has 3 aromatic rings. The summed E-state index contributed by atoms with van der Waals surface area (Å²) in [6.07, 6.45) is 3.07. The molecule has 0 spiro atoms. The Bertz CT molecular complexity index is 1060. The Labute approximate surface area is 172 Å². The molecule has 4 nitrogen and oxygen atoms in total. The van der Waals surface area contributed by atoms with E-state index in [9.17, 15) is 13.2 Å². The van der Waals surface area contributed by atoms with E-state index in [1.165, 1.54) is 12.1 Å². The lowest BCUT2D eigenvalue weighted by Crippen LogP contribution is -2.37. The van der Waals surface area contributed by atoms with Gasteiger partial charge in [0.2, 0.25) is 0 Å². The fourth-order valence-corrected chi connectivity index (χ4v) is 4.49. The molecule has 0 unspecified atom stereocenters. The maximum Gasteiger partial charge on any atom is 0.272 e. The van der Waals surface area contributed by atoms with E-state index in [2.05, 4.69) is 6.92 Å². The minimum atomic E-state index is -4.06. The smallest absolute Gasteiger partial charge is 0.268 e. The molecule has 29 heavy (non-hydrogen) atoms. The second kappa shape index (κ2) is 9.05. The van der Waals surface area contributed by atoms with Crippen LogP contribution in [0, 0.1) is 6.92 Å². The molecule has 0 aliphatic carbocycles. The van der Waals surface area contributed by atoms with Gasteiger partial charge < -0.3 is 0 Å². The predicted octanol–water partition coefficient (Wildman–Crippen LogP) is 5.37. The van der Waals surface area contributed by atoms with Gasteiger partial charge >= 0.3 is 0 Å². The Morgan fingerprint density at radius 1 is 0.862 bits per heavy atom. The van der Waals surface area contributed by atoms with Gasteiger partial charge in [0.25, 0.3) is 15.9 Å². The predicted molar refractivity (Wildman–Crippen MR) is 117 cm³/mol. The van der Waals surface area contributed by atoms with Crippen LogP contribution in [0.4, 0.5) is 5.69 Å². The molecule has 0 N–H and O–H groups in total. The number of aryl methyl sites for hydroxylation is 2. The number of carbonyl (C=O) groups is 1. The Balaban J connectivity index is 2.06. The van der Waals surface area contributed by atoms with Crippen molar-refractivity contribution in [3.8, 4) is 0 Å². The number of hydrogen-bond donors (Lipinski definition) is 0. The summed E-state index contributed by atoms with van der Waals surface area (Å²) >= 11 is 0. The van der Waals surface area contributed by atoms with Crippen LogP contribution in [-0.2, 0) is 16.4 Å². The molecule has 0 heterocycles. The van der Waals surface area contributed by atoms with E-state index in [1.807, 2.05) is 19.1 Å². The molecule has 0 saturated heterocycles. The van der Waals surface area contributed by atoms with Crippen molar-refractivity contribution >= 4 is 21.6 Å². The number of nitrogens with zero attached hydrogens (tertiary/aromatic N) is 1. The second-order valence-corrected chi connectivity index (χ2v) is 8.81. The molecule has 0 radical (unpaired) electrons. The van der Waals surface area contributed by atoms with E-state index >= 15 is 0 Å². The van der Waals surface area contributed by atoms with Gasteiger partial charge in [0.15, 0.2) is 0 Å². The third-order valence-corrected chi connectivity index (χ3v) is 6.48. The van der Waals surface area contributed by atoms with Gasteiger partial charge in [-0.3, -0.25) is 4.79 Å². The van der Waals surface area contributed by atoms with Crippen LogP contribution in [0.15, 0.2) is 83.8 Å². The van der Waals surface area contributed by atoms with Crippen LogP contribution >= 0.6 is 0 Å². The van der Waals surface area contributed by atoms with Crippen molar-refractivity contribution in [1.29, 1.82) is 0 Å². The second-order valence-electron chi connectivity index (χ2n) is 7.02. The van der Waals surface area contributed by atoms with Gasteiger partial charge in [0.05, 0.1) is 10.6 Å². The molecule has 0 aliphatic rings. The average molecular weight is 408 g/mol. The van der Waals surface area contributed by atoms with E-state index in [0.717, 1.165) is 34.7 Å². The Morgan fingerprint density at radius 2 is 1.48 bits per heavy atom. The van der Waals surface area contributed by atoms with Crippen LogP contribution in [-0.4, -0.2) is 14.3 Å². The van der Waals surface area contributed by atoms with Gasteiger partial charge in [-0.05, 0) is 61.7 Å². The number of rotatable bonds is 7. The minimum absolute atomic E-state index is 0.0792. The van der Waals surface area contributed by atoms with Gasteiger partial charge in [-0.1, -0.05) is 61.4 Å². The van der Waals surface area contributed by atoms with Crippen LogP contribution in [0.3, 0.4) is 0 Å². The van der Waals surface area contributed by atoms with Crippen LogP contribution in [0.2, 0.25) is 0 Å². The van der Waals surface area contributed by atoms with E-state index < -0.39 is 15.9 Å². The molecule has 3 rings (SSSR count). The van der Waals surface area contributed by atoms with E-state index in [4.69, 9.17) is 0 Å². The van der Waals surface area contributed by atoms with E-state index in [1.54, 1.807) is 54.6 Å². The summed E-state index contributed by atoms with van der Waals surface area (Å²) in [7, 11) is -4.06. The Kier molecular flexibility index (Phi) is 6.49. The lowest BCUT2D eigenvalue weighted by molar-refractivity contribution is 0.101. The van der Waals surface area contributed by atoms with Crippen LogP contribution < -0.4 is 4.31 Å². The molecule has 0 aliphatic heterocycles. The normalized spacial score (nSPS) is 11.2. The molecular weight excluding hydrogens is 382 g/mol. The summed E-state index contributed by atoms with van der Waals surface area (Å²) in [5.41, 5.74) is 2.78. The molecule has 150 valence electrons. The zero-order valence-electron chi connectivity index (χ0n) is 16.7. The monoisotopic (exact) mass is 407 g/mol. The first-order chi connectivity index (χ1) is 13.9. The van der Waals surface area contributed by atoms with Crippen molar-refractivity contribution in [3.05, 3.63) is 95.6 Å². The fraction of sp³-hybridized carbons (Fsp3) is 0.208. The van der Waals surface area contributed by atoms with Crippen molar-refractivity contribution in [2.45, 2.75) is 38.0 Å².